The lowest BCUT2D eigenvalue weighted by Gasteiger charge is -2.60. The van der Waals surface area contributed by atoms with Crippen LogP contribution < -0.4 is 9.47 Å². The molecular weight excluding hydrogens is 338 g/mol. The van der Waals surface area contributed by atoms with Gasteiger partial charge in [0, 0.05) is 30.7 Å². The van der Waals surface area contributed by atoms with Gasteiger partial charge >= 0.3 is 0 Å². The van der Waals surface area contributed by atoms with Crippen molar-refractivity contribution in [2.24, 2.45) is 17.8 Å². The molecule has 6 rings (SSSR count). The molecule has 0 radical (unpaired) electrons. The summed E-state index contributed by atoms with van der Waals surface area (Å²) in [5.41, 5.74) is 3.10. The van der Waals surface area contributed by atoms with Crippen LogP contribution in [0.2, 0.25) is 0 Å². The highest BCUT2D eigenvalue weighted by molar-refractivity contribution is 5.61. The van der Waals surface area contributed by atoms with E-state index < -0.39 is 0 Å². The van der Waals surface area contributed by atoms with Gasteiger partial charge in [-0.25, -0.2) is 0 Å². The van der Waals surface area contributed by atoms with Crippen LogP contribution in [0.25, 0.3) is 0 Å². The molecule has 2 bridgehead atoms. The van der Waals surface area contributed by atoms with Crippen LogP contribution in [-0.2, 0) is 16.6 Å². The summed E-state index contributed by atoms with van der Waals surface area (Å²) in [4.78, 5) is 2.84. The topological polar surface area (TPSA) is 30.9 Å². The first kappa shape index (κ1) is 16.7. The van der Waals surface area contributed by atoms with Gasteiger partial charge in [0.1, 0.15) is 6.10 Å². The maximum atomic E-state index is 6.73. The first-order valence-corrected chi connectivity index (χ1v) is 10.8. The van der Waals surface area contributed by atoms with E-state index >= 15 is 0 Å². The molecule has 5 aliphatic rings. The summed E-state index contributed by atoms with van der Waals surface area (Å²) in [5.74, 6) is 4.09. The molecule has 3 fully saturated rings. The Morgan fingerprint density at radius 1 is 1.26 bits per heavy atom. The Morgan fingerprint density at radius 2 is 2.11 bits per heavy atom. The Labute approximate surface area is 162 Å². The van der Waals surface area contributed by atoms with E-state index in [4.69, 9.17) is 14.2 Å². The standard InChI is InChI=1S/C23H31NO3/c1-13-10-16-17-11-15-6-7-18(25-2)21-19(15)23(16,22(27-21)20(13)26-3)8-9-24(17)12-14-4-5-14/h6-7,13-14,16-17,20,22H,4-5,8-12H2,1-3H3/t13?,16?,17?,20?,22-,23?/m0/s1. The minimum atomic E-state index is 0.120. The van der Waals surface area contributed by atoms with Gasteiger partial charge in [-0.1, -0.05) is 13.0 Å². The lowest BCUT2D eigenvalue weighted by atomic mass is 9.50. The molecule has 0 aromatic heterocycles. The number of hydrogen-bond donors (Lipinski definition) is 0. The predicted molar refractivity (Wildman–Crippen MR) is 104 cm³/mol. The van der Waals surface area contributed by atoms with Crippen LogP contribution in [0, 0.1) is 17.8 Å². The molecule has 1 aromatic rings. The molecule has 1 aromatic carbocycles. The third-order valence-electron chi connectivity index (χ3n) is 8.43. The van der Waals surface area contributed by atoms with Gasteiger partial charge in [-0.3, -0.25) is 4.90 Å². The lowest BCUT2D eigenvalue weighted by Crippen LogP contribution is -2.68. The van der Waals surface area contributed by atoms with Gasteiger partial charge in [-0.2, -0.15) is 0 Å². The molecule has 146 valence electrons. The Hall–Kier alpha value is -1.26. The molecule has 2 heterocycles. The van der Waals surface area contributed by atoms with E-state index in [0.717, 1.165) is 17.4 Å². The van der Waals surface area contributed by atoms with Crippen molar-refractivity contribution in [3.63, 3.8) is 0 Å². The van der Waals surface area contributed by atoms with Crippen molar-refractivity contribution in [3.05, 3.63) is 23.3 Å². The largest absolute Gasteiger partial charge is 0.493 e. The molecule has 2 aliphatic heterocycles. The third-order valence-corrected chi connectivity index (χ3v) is 8.43. The molecule has 6 atom stereocenters. The number of hydrogen-bond acceptors (Lipinski definition) is 4. The average molecular weight is 370 g/mol. The summed E-state index contributed by atoms with van der Waals surface area (Å²) in [6.07, 6.45) is 6.79. The van der Waals surface area contributed by atoms with Crippen LogP contribution >= 0.6 is 0 Å². The summed E-state index contributed by atoms with van der Waals surface area (Å²) in [7, 11) is 3.63. The lowest BCUT2D eigenvalue weighted by molar-refractivity contribution is -0.138. The molecule has 0 amide bonds. The normalized spacial score (nSPS) is 41.8. The van der Waals surface area contributed by atoms with E-state index in [2.05, 4.69) is 24.0 Å². The Kier molecular flexibility index (Phi) is 3.48. The summed E-state index contributed by atoms with van der Waals surface area (Å²) in [6, 6.07) is 5.10. The van der Waals surface area contributed by atoms with Crippen molar-refractivity contribution in [1.29, 1.82) is 0 Å². The second-order valence-electron chi connectivity index (χ2n) is 9.69. The van der Waals surface area contributed by atoms with Gasteiger partial charge in [0.05, 0.1) is 13.2 Å². The predicted octanol–water partition coefficient (Wildman–Crippen LogP) is 3.41. The zero-order chi connectivity index (χ0) is 18.3. The smallest absolute Gasteiger partial charge is 0.165 e. The quantitative estimate of drug-likeness (QED) is 0.814. The van der Waals surface area contributed by atoms with Gasteiger partial charge in [0.25, 0.3) is 0 Å². The SMILES string of the molecule is COc1ccc2c3c1O[C@H]1C(OC)C(C)CC4C(C2)N(CC2CC2)CCC341. The number of benzene rings is 1. The minimum absolute atomic E-state index is 0.120. The van der Waals surface area contributed by atoms with Gasteiger partial charge in [0.2, 0.25) is 0 Å². The molecule has 0 N–H and O–H groups in total. The van der Waals surface area contributed by atoms with Crippen molar-refractivity contribution in [3.8, 4) is 11.5 Å². The van der Waals surface area contributed by atoms with Crippen LogP contribution in [-0.4, -0.2) is 50.5 Å². The Bertz CT molecular complexity index is 775. The minimum Gasteiger partial charge on any atom is -0.493 e. The van der Waals surface area contributed by atoms with Crippen molar-refractivity contribution >= 4 is 0 Å². The van der Waals surface area contributed by atoms with Crippen LogP contribution in [0.1, 0.15) is 43.7 Å². The van der Waals surface area contributed by atoms with Gasteiger partial charge < -0.3 is 14.2 Å². The van der Waals surface area contributed by atoms with E-state index in [9.17, 15) is 0 Å². The number of nitrogens with zero attached hydrogens (tertiary/aromatic N) is 1. The number of ether oxygens (including phenoxy) is 3. The fourth-order valence-corrected chi connectivity index (χ4v) is 7.15. The highest BCUT2D eigenvalue weighted by Crippen LogP contribution is 2.65. The van der Waals surface area contributed by atoms with E-state index in [0.29, 0.717) is 17.9 Å². The zero-order valence-electron chi connectivity index (χ0n) is 16.7. The van der Waals surface area contributed by atoms with Crippen LogP contribution in [0.3, 0.4) is 0 Å². The van der Waals surface area contributed by atoms with Gasteiger partial charge in [0.15, 0.2) is 11.5 Å². The molecule has 3 aliphatic carbocycles. The highest BCUT2D eigenvalue weighted by atomic mass is 16.6. The molecule has 1 saturated heterocycles. The Balaban J connectivity index is 1.52. The molecule has 27 heavy (non-hydrogen) atoms. The first-order chi connectivity index (χ1) is 13.2. The number of rotatable bonds is 4. The Morgan fingerprint density at radius 3 is 2.85 bits per heavy atom. The number of likely N-dealkylation sites (tertiary alicyclic amines) is 1. The average Bonchev–Trinajstić information content (AvgIpc) is 3.42. The maximum absolute atomic E-state index is 6.73. The van der Waals surface area contributed by atoms with Crippen LogP contribution in [0.4, 0.5) is 0 Å². The second kappa shape index (κ2) is 5.64. The fraction of sp³-hybridized carbons (Fsp3) is 0.739. The molecule has 4 heteroatoms. The van der Waals surface area contributed by atoms with Gasteiger partial charge in [-0.15, -0.1) is 0 Å². The van der Waals surface area contributed by atoms with Crippen LogP contribution in [0.15, 0.2) is 12.1 Å². The summed E-state index contributed by atoms with van der Waals surface area (Å²) < 4.78 is 18.5. The van der Waals surface area contributed by atoms with E-state index in [-0.39, 0.29) is 17.6 Å². The van der Waals surface area contributed by atoms with Gasteiger partial charge in [-0.05, 0) is 68.0 Å². The van der Waals surface area contributed by atoms with Crippen molar-refractivity contribution < 1.29 is 14.2 Å². The van der Waals surface area contributed by atoms with Crippen molar-refractivity contribution in [2.45, 2.75) is 62.7 Å². The maximum Gasteiger partial charge on any atom is 0.165 e. The molecule has 2 saturated carbocycles. The molecule has 4 nitrogen and oxygen atoms in total. The van der Waals surface area contributed by atoms with E-state index in [1.807, 2.05) is 7.11 Å². The fourth-order valence-electron chi connectivity index (χ4n) is 7.15. The summed E-state index contributed by atoms with van der Waals surface area (Å²) in [5, 5.41) is 0. The zero-order valence-corrected chi connectivity index (χ0v) is 16.7. The van der Waals surface area contributed by atoms with Crippen molar-refractivity contribution in [1.82, 2.24) is 4.90 Å². The number of piperidine rings is 1. The summed E-state index contributed by atoms with van der Waals surface area (Å²) >= 11 is 0. The highest BCUT2D eigenvalue weighted by Gasteiger charge is 2.67. The molecular formula is C23H31NO3. The van der Waals surface area contributed by atoms with Crippen molar-refractivity contribution in [2.75, 3.05) is 27.3 Å². The number of methoxy groups -OCH3 is 2. The van der Waals surface area contributed by atoms with E-state index in [1.54, 1.807) is 7.11 Å². The summed E-state index contributed by atoms with van der Waals surface area (Å²) in [6.45, 7) is 4.88. The second-order valence-corrected chi connectivity index (χ2v) is 9.69. The third kappa shape index (κ3) is 2.06. The van der Waals surface area contributed by atoms with Crippen LogP contribution in [0.5, 0.6) is 11.5 Å². The first-order valence-electron chi connectivity index (χ1n) is 10.8. The molecule has 1 spiro atoms. The molecule has 5 unspecified atom stereocenters. The monoisotopic (exact) mass is 369 g/mol. The van der Waals surface area contributed by atoms with E-state index in [1.165, 1.54) is 56.3 Å².